The van der Waals surface area contributed by atoms with E-state index < -0.39 is 0 Å². The van der Waals surface area contributed by atoms with E-state index in [2.05, 4.69) is 17.1 Å². The van der Waals surface area contributed by atoms with Gasteiger partial charge in [-0.25, -0.2) is 4.98 Å². The zero-order valence-corrected chi connectivity index (χ0v) is 14.6. The van der Waals surface area contributed by atoms with E-state index in [0.29, 0.717) is 23.9 Å². The third kappa shape index (κ3) is 4.79. The number of carbonyl (C=O) groups is 1. The Kier molecular flexibility index (Phi) is 6.01. The molecule has 0 spiro atoms. The van der Waals surface area contributed by atoms with Crippen LogP contribution in [0.5, 0.6) is 5.88 Å². The minimum Gasteiger partial charge on any atom is -0.481 e. The number of rotatable bonds is 6. The fraction of sp³-hybridized carbons (Fsp3) is 0.400. The molecule has 1 aromatic heterocycles. The summed E-state index contributed by atoms with van der Waals surface area (Å²) in [5, 5.41) is 0. The predicted molar refractivity (Wildman–Crippen MR) is 95.5 cm³/mol. The summed E-state index contributed by atoms with van der Waals surface area (Å²) in [6.45, 7) is 2.90. The van der Waals surface area contributed by atoms with E-state index in [-0.39, 0.29) is 5.91 Å². The average molecular weight is 340 g/mol. The number of pyridine rings is 1. The smallest absolute Gasteiger partial charge is 0.255 e. The molecule has 5 heteroatoms. The molecule has 132 valence electrons. The molecule has 0 unspecified atom stereocenters. The second kappa shape index (κ2) is 8.62. The molecule has 0 N–H and O–H groups in total. The van der Waals surface area contributed by atoms with E-state index in [1.807, 2.05) is 23.1 Å². The first-order valence-electron chi connectivity index (χ1n) is 8.67. The van der Waals surface area contributed by atoms with E-state index in [0.717, 1.165) is 38.2 Å². The molecule has 0 aliphatic carbocycles. The third-order valence-corrected chi connectivity index (χ3v) is 4.52. The van der Waals surface area contributed by atoms with E-state index in [1.54, 1.807) is 25.4 Å². The average Bonchev–Trinajstić information content (AvgIpc) is 2.68. The number of aromatic nitrogens is 1. The lowest BCUT2D eigenvalue weighted by Crippen LogP contribution is -2.36. The van der Waals surface area contributed by atoms with Crippen LogP contribution in [0.1, 0.15) is 28.8 Å². The summed E-state index contributed by atoms with van der Waals surface area (Å²) in [5.74, 6) is 0.994. The molecule has 1 aromatic carbocycles. The van der Waals surface area contributed by atoms with Gasteiger partial charge < -0.3 is 14.4 Å². The number of benzene rings is 1. The van der Waals surface area contributed by atoms with Gasteiger partial charge in [0.15, 0.2) is 0 Å². The second-order valence-corrected chi connectivity index (χ2v) is 6.32. The monoisotopic (exact) mass is 340 g/mol. The SMILES string of the molecule is COc1ccc(C(=O)N(Cc2ccccc2)CC2CCOCC2)cn1. The molecule has 2 aromatic rings. The number of hydrogen-bond acceptors (Lipinski definition) is 4. The number of ether oxygens (including phenoxy) is 2. The van der Waals surface area contributed by atoms with Gasteiger partial charge in [0.2, 0.25) is 5.88 Å². The summed E-state index contributed by atoms with van der Waals surface area (Å²) >= 11 is 0. The van der Waals surface area contributed by atoms with Gasteiger partial charge >= 0.3 is 0 Å². The summed E-state index contributed by atoms with van der Waals surface area (Å²) in [5.41, 5.74) is 1.72. The molecule has 0 radical (unpaired) electrons. The molecule has 1 aliphatic heterocycles. The molecule has 1 amide bonds. The first kappa shape index (κ1) is 17.4. The number of amides is 1. The van der Waals surface area contributed by atoms with Gasteiger partial charge in [0.1, 0.15) is 0 Å². The Morgan fingerprint density at radius 3 is 2.60 bits per heavy atom. The molecule has 5 nitrogen and oxygen atoms in total. The molecule has 25 heavy (non-hydrogen) atoms. The fourth-order valence-electron chi connectivity index (χ4n) is 3.07. The van der Waals surface area contributed by atoms with Crippen LogP contribution in [-0.2, 0) is 11.3 Å². The number of carbonyl (C=O) groups excluding carboxylic acids is 1. The maximum absolute atomic E-state index is 13.0. The number of nitrogens with zero attached hydrogens (tertiary/aromatic N) is 2. The van der Waals surface area contributed by atoms with E-state index in [4.69, 9.17) is 9.47 Å². The van der Waals surface area contributed by atoms with Crippen LogP contribution < -0.4 is 4.74 Å². The van der Waals surface area contributed by atoms with Crippen molar-refractivity contribution in [2.75, 3.05) is 26.9 Å². The minimum absolute atomic E-state index is 0.00509. The first-order chi connectivity index (χ1) is 12.3. The largest absolute Gasteiger partial charge is 0.481 e. The highest BCUT2D eigenvalue weighted by molar-refractivity contribution is 5.94. The molecule has 0 bridgehead atoms. The van der Waals surface area contributed by atoms with E-state index >= 15 is 0 Å². The lowest BCUT2D eigenvalue weighted by molar-refractivity contribution is 0.0445. The predicted octanol–water partition coefficient (Wildman–Crippen LogP) is 3.16. The van der Waals surface area contributed by atoms with Crippen LogP contribution in [0.15, 0.2) is 48.7 Å². The molecule has 3 rings (SSSR count). The van der Waals surface area contributed by atoms with Gasteiger partial charge in [-0.2, -0.15) is 0 Å². The normalized spacial score (nSPS) is 14.9. The van der Waals surface area contributed by atoms with Crippen molar-refractivity contribution in [1.29, 1.82) is 0 Å². The highest BCUT2D eigenvalue weighted by Gasteiger charge is 2.22. The first-order valence-corrected chi connectivity index (χ1v) is 8.67. The molecule has 0 atom stereocenters. The number of hydrogen-bond donors (Lipinski definition) is 0. The third-order valence-electron chi connectivity index (χ3n) is 4.52. The van der Waals surface area contributed by atoms with Crippen LogP contribution in [0.25, 0.3) is 0 Å². The molecule has 0 saturated carbocycles. The Morgan fingerprint density at radius 1 is 1.20 bits per heavy atom. The van der Waals surface area contributed by atoms with Crippen molar-refractivity contribution in [3.8, 4) is 5.88 Å². The van der Waals surface area contributed by atoms with Gasteiger partial charge in [0.05, 0.1) is 12.7 Å². The zero-order chi connectivity index (χ0) is 17.5. The summed E-state index contributed by atoms with van der Waals surface area (Å²) in [6.07, 6.45) is 3.59. The second-order valence-electron chi connectivity index (χ2n) is 6.32. The van der Waals surface area contributed by atoms with Crippen LogP contribution >= 0.6 is 0 Å². The maximum atomic E-state index is 13.0. The van der Waals surface area contributed by atoms with Gasteiger partial charge in [-0.15, -0.1) is 0 Å². The van der Waals surface area contributed by atoms with Crippen LogP contribution in [0.2, 0.25) is 0 Å². The lowest BCUT2D eigenvalue weighted by atomic mass is 9.99. The molecule has 1 aliphatic rings. The Hall–Kier alpha value is -2.40. The Morgan fingerprint density at radius 2 is 1.96 bits per heavy atom. The van der Waals surface area contributed by atoms with Crippen molar-refractivity contribution in [1.82, 2.24) is 9.88 Å². The fourth-order valence-corrected chi connectivity index (χ4v) is 3.07. The maximum Gasteiger partial charge on any atom is 0.255 e. The van der Waals surface area contributed by atoms with Gasteiger partial charge in [-0.1, -0.05) is 30.3 Å². The molecular weight excluding hydrogens is 316 g/mol. The summed E-state index contributed by atoms with van der Waals surface area (Å²) < 4.78 is 10.5. The molecule has 2 heterocycles. The topological polar surface area (TPSA) is 51.7 Å². The van der Waals surface area contributed by atoms with Crippen molar-refractivity contribution >= 4 is 5.91 Å². The zero-order valence-electron chi connectivity index (χ0n) is 14.6. The lowest BCUT2D eigenvalue weighted by Gasteiger charge is -2.30. The molecular formula is C20H24N2O3. The Balaban J connectivity index is 1.76. The summed E-state index contributed by atoms with van der Waals surface area (Å²) in [7, 11) is 1.57. The number of methoxy groups -OCH3 is 1. The van der Waals surface area contributed by atoms with E-state index in [1.165, 1.54) is 0 Å². The van der Waals surface area contributed by atoms with Gasteiger partial charge in [0.25, 0.3) is 5.91 Å². The van der Waals surface area contributed by atoms with Crippen LogP contribution in [-0.4, -0.2) is 42.7 Å². The highest BCUT2D eigenvalue weighted by atomic mass is 16.5. The van der Waals surface area contributed by atoms with Crippen molar-refractivity contribution < 1.29 is 14.3 Å². The Labute approximate surface area is 148 Å². The van der Waals surface area contributed by atoms with Crippen molar-refractivity contribution in [2.24, 2.45) is 5.92 Å². The minimum atomic E-state index is 0.00509. The standard InChI is InChI=1S/C20H24N2O3/c1-24-19-8-7-18(13-21-19)20(23)22(14-16-5-3-2-4-6-16)15-17-9-11-25-12-10-17/h2-8,13,17H,9-12,14-15H2,1H3. The quantitative estimate of drug-likeness (QED) is 0.810. The highest BCUT2D eigenvalue weighted by Crippen LogP contribution is 2.20. The summed E-state index contributed by atoms with van der Waals surface area (Å²) in [6, 6.07) is 13.6. The van der Waals surface area contributed by atoms with Gasteiger partial charge in [0, 0.05) is 38.6 Å². The van der Waals surface area contributed by atoms with Crippen molar-refractivity contribution in [3.63, 3.8) is 0 Å². The van der Waals surface area contributed by atoms with E-state index in [9.17, 15) is 4.79 Å². The summed E-state index contributed by atoms with van der Waals surface area (Å²) in [4.78, 5) is 19.1. The van der Waals surface area contributed by atoms with Gasteiger partial charge in [-0.3, -0.25) is 4.79 Å². The van der Waals surface area contributed by atoms with Crippen molar-refractivity contribution in [2.45, 2.75) is 19.4 Å². The molecule has 1 saturated heterocycles. The van der Waals surface area contributed by atoms with Crippen molar-refractivity contribution in [3.05, 3.63) is 59.8 Å². The Bertz CT molecular complexity index is 667. The van der Waals surface area contributed by atoms with Crippen LogP contribution in [0, 0.1) is 5.92 Å². The van der Waals surface area contributed by atoms with Crippen LogP contribution in [0.4, 0.5) is 0 Å². The van der Waals surface area contributed by atoms with Crippen LogP contribution in [0.3, 0.4) is 0 Å². The van der Waals surface area contributed by atoms with Gasteiger partial charge in [-0.05, 0) is 30.4 Å². The molecule has 1 fully saturated rings.